The monoisotopic (exact) mass is 285 g/mol. The number of carbonyl (C=O) groups is 2. The number of nitrogens with zero attached hydrogens (tertiary/aromatic N) is 2. The van der Waals surface area contributed by atoms with Gasteiger partial charge in [-0.25, -0.2) is 0 Å². The van der Waals surface area contributed by atoms with E-state index in [1.807, 2.05) is 24.3 Å². The molecule has 0 bridgehead atoms. The van der Waals surface area contributed by atoms with Gasteiger partial charge in [0.2, 0.25) is 0 Å². The number of morpholine rings is 1. The number of rotatable bonds is 1. The Bertz CT molecular complexity index is 675. The van der Waals surface area contributed by atoms with Gasteiger partial charge in [-0.05, 0) is 12.1 Å². The number of pyridine rings is 1. The van der Waals surface area contributed by atoms with Crippen LogP contribution in [0.4, 0.5) is 5.69 Å². The van der Waals surface area contributed by atoms with E-state index in [1.54, 1.807) is 12.3 Å². The van der Waals surface area contributed by atoms with Gasteiger partial charge in [0.1, 0.15) is 0 Å². The largest absolute Gasteiger partial charge is 0.378 e. The van der Waals surface area contributed by atoms with Crippen molar-refractivity contribution in [2.24, 2.45) is 0 Å². The summed E-state index contributed by atoms with van der Waals surface area (Å²) in [6.45, 7) is 1.82. The van der Waals surface area contributed by atoms with E-state index in [-0.39, 0.29) is 0 Å². The maximum Gasteiger partial charge on any atom is 0.313 e. The molecule has 6 heteroatoms. The zero-order chi connectivity index (χ0) is 14.7. The summed E-state index contributed by atoms with van der Waals surface area (Å²) >= 11 is 0. The highest BCUT2D eigenvalue weighted by atomic mass is 16.5. The van der Waals surface area contributed by atoms with Crippen LogP contribution in [0.25, 0.3) is 10.9 Å². The van der Waals surface area contributed by atoms with Crippen LogP contribution in [-0.4, -0.2) is 48.0 Å². The molecule has 108 valence electrons. The second kappa shape index (κ2) is 5.88. The maximum atomic E-state index is 12.1. The molecule has 1 aromatic heterocycles. The van der Waals surface area contributed by atoms with Crippen LogP contribution in [0, 0.1) is 0 Å². The number of fused-ring (bicyclic) bond motifs is 1. The minimum atomic E-state index is -0.643. The Balaban J connectivity index is 1.78. The van der Waals surface area contributed by atoms with E-state index in [9.17, 15) is 9.59 Å². The third-order valence-corrected chi connectivity index (χ3v) is 3.37. The standard InChI is InChI=1S/C15H15N3O3/c19-14(15(20)18-7-9-21-10-8-18)17-12-5-1-3-11-4-2-6-16-13(11)12/h1-6H,7-10H2,(H,17,19). The third-order valence-electron chi connectivity index (χ3n) is 3.37. The first-order valence-corrected chi connectivity index (χ1v) is 6.77. The quantitative estimate of drug-likeness (QED) is 0.794. The summed E-state index contributed by atoms with van der Waals surface area (Å²) in [7, 11) is 0. The highest BCUT2D eigenvalue weighted by Gasteiger charge is 2.24. The fraction of sp³-hybridized carbons (Fsp3) is 0.267. The van der Waals surface area contributed by atoms with Crippen LogP contribution in [0.2, 0.25) is 0 Å². The van der Waals surface area contributed by atoms with Gasteiger partial charge in [0, 0.05) is 24.7 Å². The summed E-state index contributed by atoms with van der Waals surface area (Å²) in [5.74, 6) is -1.18. The van der Waals surface area contributed by atoms with Gasteiger partial charge in [-0.1, -0.05) is 18.2 Å². The number of para-hydroxylation sites is 1. The fourth-order valence-corrected chi connectivity index (χ4v) is 2.29. The molecule has 2 amide bonds. The third kappa shape index (κ3) is 2.85. The van der Waals surface area contributed by atoms with Gasteiger partial charge in [0.25, 0.3) is 0 Å². The van der Waals surface area contributed by atoms with E-state index >= 15 is 0 Å². The number of ether oxygens (including phenoxy) is 1. The van der Waals surface area contributed by atoms with Crippen molar-refractivity contribution in [2.75, 3.05) is 31.6 Å². The normalized spacial score (nSPS) is 15.0. The summed E-state index contributed by atoms with van der Waals surface area (Å²) in [5, 5.41) is 3.56. The van der Waals surface area contributed by atoms with Gasteiger partial charge in [0.05, 0.1) is 24.4 Å². The predicted octanol–water partition coefficient (Wildman–Crippen LogP) is 1.03. The van der Waals surface area contributed by atoms with Crippen LogP contribution in [0.5, 0.6) is 0 Å². The molecule has 3 rings (SSSR count). The molecule has 2 heterocycles. The molecule has 1 fully saturated rings. The van der Waals surface area contributed by atoms with Crippen LogP contribution in [0.15, 0.2) is 36.5 Å². The predicted molar refractivity (Wildman–Crippen MR) is 77.8 cm³/mol. The molecule has 1 aliphatic rings. The van der Waals surface area contributed by atoms with E-state index in [1.165, 1.54) is 4.90 Å². The van der Waals surface area contributed by atoms with Crippen molar-refractivity contribution in [1.82, 2.24) is 9.88 Å². The van der Waals surface area contributed by atoms with Gasteiger partial charge in [-0.3, -0.25) is 14.6 Å². The molecule has 0 aliphatic carbocycles. The number of benzene rings is 1. The Morgan fingerprint density at radius 1 is 1.14 bits per heavy atom. The molecule has 0 saturated carbocycles. The lowest BCUT2D eigenvalue weighted by molar-refractivity contribution is -0.145. The van der Waals surface area contributed by atoms with E-state index in [0.29, 0.717) is 37.5 Å². The van der Waals surface area contributed by atoms with Crippen molar-refractivity contribution in [2.45, 2.75) is 0 Å². The molecule has 0 unspecified atom stereocenters. The number of anilines is 1. The minimum Gasteiger partial charge on any atom is -0.378 e. The molecule has 6 nitrogen and oxygen atoms in total. The maximum absolute atomic E-state index is 12.1. The smallest absolute Gasteiger partial charge is 0.313 e. The zero-order valence-corrected chi connectivity index (χ0v) is 11.4. The summed E-state index contributed by atoms with van der Waals surface area (Å²) in [4.78, 5) is 29.9. The van der Waals surface area contributed by atoms with Crippen LogP contribution < -0.4 is 5.32 Å². The molecule has 2 aromatic rings. The first kappa shape index (κ1) is 13.5. The Kier molecular flexibility index (Phi) is 3.79. The molecule has 1 N–H and O–H groups in total. The Labute approximate surface area is 121 Å². The van der Waals surface area contributed by atoms with Gasteiger partial charge < -0.3 is 15.0 Å². The molecular weight excluding hydrogens is 270 g/mol. The number of carbonyl (C=O) groups excluding carboxylic acids is 2. The molecule has 21 heavy (non-hydrogen) atoms. The lowest BCUT2D eigenvalue weighted by Gasteiger charge is -2.26. The summed E-state index contributed by atoms with van der Waals surface area (Å²) in [5.41, 5.74) is 1.21. The Hall–Kier alpha value is -2.47. The molecule has 1 aromatic carbocycles. The number of hydrogen-bond donors (Lipinski definition) is 1. The van der Waals surface area contributed by atoms with Gasteiger partial charge >= 0.3 is 11.8 Å². The number of aromatic nitrogens is 1. The van der Waals surface area contributed by atoms with Crippen molar-refractivity contribution < 1.29 is 14.3 Å². The zero-order valence-electron chi connectivity index (χ0n) is 11.4. The summed E-state index contributed by atoms with van der Waals surface area (Å²) in [6.07, 6.45) is 1.65. The van der Waals surface area contributed by atoms with Crippen molar-refractivity contribution in [3.05, 3.63) is 36.5 Å². The van der Waals surface area contributed by atoms with Gasteiger partial charge in [0.15, 0.2) is 0 Å². The average molecular weight is 285 g/mol. The highest BCUT2D eigenvalue weighted by Crippen LogP contribution is 2.20. The molecule has 0 atom stereocenters. The lowest BCUT2D eigenvalue weighted by Crippen LogP contribution is -2.45. The van der Waals surface area contributed by atoms with Crippen LogP contribution in [0.3, 0.4) is 0 Å². The topological polar surface area (TPSA) is 71.5 Å². The number of nitrogens with one attached hydrogen (secondary N) is 1. The van der Waals surface area contributed by atoms with E-state index in [4.69, 9.17) is 4.74 Å². The van der Waals surface area contributed by atoms with Gasteiger partial charge in [-0.15, -0.1) is 0 Å². The SMILES string of the molecule is O=C(Nc1cccc2cccnc12)C(=O)N1CCOCC1. The number of amides is 2. The summed E-state index contributed by atoms with van der Waals surface area (Å²) in [6, 6.07) is 9.19. The van der Waals surface area contributed by atoms with Crippen molar-refractivity contribution >= 4 is 28.4 Å². The van der Waals surface area contributed by atoms with Crippen LogP contribution >= 0.6 is 0 Å². The lowest BCUT2D eigenvalue weighted by atomic mass is 10.2. The van der Waals surface area contributed by atoms with E-state index < -0.39 is 11.8 Å². The Morgan fingerprint density at radius 3 is 2.71 bits per heavy atom. The van der Waals surface area contributed by atoms with Crippen molar-refractivity contribution in [3.8, 4) is 0 Å². The van der Waals surface area contributed by atoms with Gasteiger partial charge in [-0.2, -0.15) is 0 Å². The van der Waals surface area contributed by atoms with Crippen LogP contribution in [0.1, 0.15) is 0 Å². The van der Waals surface area contributed by atoms with Crippen molar-refractivity contribution in [1.29, 1.82) is 0 Å². The van der Waals surface area contributed by atoms with E-state index in [2.05, 4.69) is 10.3 Å². The fourth-order valence-electron chi connectivity index (χ4n) is 2.29. The molecular formula is C15H15N3O3. The molecule has 1 saturated heterocycles. The summed E-state index contributed by atoms with van der Waals surface area (Å²) < 4.78 is 5.17. The minimum absolute atomic E-state index is 0.444. The highest BCUT2D eigenvalue weighted by molar-refractivity contribution is 6.40. The van der Waals surface area contributed by atoms with E-state index in [0.717, 1.165) is 5.39 Å². The Morgan fingerprint density at radius 2 is 1.90 bits per heavy atom. The molecule has 1 aliphatic heterocycles. The molecule has 0 spiro atoms. The number of hydrogen-bond acceptors (Lipinski definition) is 4. The van der Waals surface area contributed by atoms with Crippen molar-refractivity contribution in [3.63, 3.8) is 0 Å². The van der Waals surface area contributed by atoms with Crippen LogP contribution in [-0.2, 0) is 14.3 Å². The molecule has 0 radical (unpaired) electrons. The average Bonchev–Trinajstić information content (AvgIpc) is 2.55. The first-order chi connectivity index (χ1) is 10.3. The second-order valence-corrected chi connectivity index (χ2v) is 4.74. The second-order valence-electron chi connectivity index (χ2n) is 4.74. The first-order valence-electron chi connectivity index (χ1n) is 6.77.